The third-order valence-electron chi connectivity index (χ3n) is 2.33. The molecule has 0 aliphatic heterocycles. The fourth-order valence-electron chi connectivity index (χ4n) is 1.42. The SMILES string of the molecule is CCCCCSc1cc(Br)ccc1/C(N)=N/O. The van der Waals surface area contributed by atoms with E-state index < -0.39 is 0 Å². The minimum atomic E-state index is 0.162. The molecule has 94 valence electrons. The Morgan fingerprint density at radius 1 is 1.47 bits per heavy atom. The molecule has 0 fully saturated rings. The van der Waals surface area contributed by atoms with E-state index in [4.69, 9.17) is 10.9 Å². The molecule has 0 spiro atoms. The number of benzene rings is 1. The summed E-state index contributed by atoms with van der Waals surface area (Å²) in [5.41, 5.74) is 6.44. The number of halogens is 1. The standard InChI is InChI=1S/C12H17BrN2OS/c1-2-3-4-7-17-11-8-9(13)5-6-10(11)12(14)15-16/h5-6,8,16H,2-4,7H2,1H3,(H2,14,15). The summed E-state index contributed by atoms with van der Waals surface area (Å²) in [5.74, 6) is 1.21. The second-order valence-electron chi connectivity index (χ2n) is 3.68. The molecular formula is C12H17BrN2OS. The number of amidine groups is 1. The number of oxime groups is 1. The van der Waals surface area contributed by atoms with Crippen LogP contribution in [-0.2, 0) is 0 Å². The Bertz CT molecular complexity index is 396. The second-order valence-corrected chi connectivity index (χ2v) is 5.73. The average Bonchev–Trinajstić information content (AvgIpc) is 2.34. The van der Waals surface area contributed by atoms with E-state index >= 15 is 0 Å². The predicted octanol–water partition coefficient (Wildman–Crippen LogP) is 3.83. The van der Waals surface area contributed by atoms with Crippen molar-refractivity contribution in [3.63, 3.8) is 0 Å². The molecule has 0 saturated heterocycles. The molecule has 3 nitrogen and oxygen atoms in total. The highest BCUT2D eigenvalue weighted by Crippen LogP contribution is 2.27. The zero-order valence-electron chi connectivity index (χ0n) is 9.82. The average molecular weight is 317 g/mol. The minimum absolute atomic E-state index is 0.162. The highest BCUT2D eigenvalue weighted by molar-refractivity contribution is 9.10. The second kappa shape index (κ2) is 7.61. The van der Waals surface area contributed by atoms with E-state index in [1.54, 1.807) is 11.8 Å². The van der Waals surface area contributed by atoms with Crippen LogP contribution in [0.15, 0.2) is 32.7 Å². The lowest BCUT2D eigenvalue weighted by Gasteiger charge is -2.08. The maximum atomic E-state index is 8.73. The maximum absolute atomic E-state index is 8.73. The van der Waals surface area contributed by atoms with Crippen molar-refractivity contribution >= 4 is 33.5 Å². The molecule has 0 saturated carbocycles. The van der Waals surface area contributed by atoms with Gasteiger partial charge in [-0.2, -0.15) is 0 Å². The first-order valence-electron chi connectivity index (χ1n) is 5.59. The fourth-order valence-corrected chi connectivity index (χ4v) is 3.03. The summed E-state index contributed by atoms with van der Waals surface area (Å²) < 4.78 is 1.00. The van der Waals surface area contributed by atoms with Crippen molar-refractivity contribution in [2.75, 3.05) is 5.75 Å². The van der Waals surface area contributed by atoms with Crippen LogP contribution in [0.1, 0.15) is 31.7 Å². The Hall–Kier alpha value is -0.680. The quantitative estimate of drug-likeness (QED) is 0.209. The Morgan fingerprint density at radius 2 is 2.24 bits per heavy atom. The minimum Gasteiger partial charge on any atom is -0.409 e. The van der Waals surface area contributed by atoms with E-state index in [2.05, 4.69) is 28.0 Å². The van der Waals surface area contributed by atoms with Gasteiger partial charge in [-0.1, -0.05) is 40.9 Å². The topological polar surface area (TPSA) is 58.6 Å². The molecule has 1 rings (SSSR count). The molecule has 0 atom stereocenters. The Labute approximate surface area is 115 Å². The van der Waals surface area contributed by atoms with E-state index in [-0.39, 0.29) is 5.84 Å². The number of thioether (sulfide) groups is 1. The third kappa shape index (κ3) is 4.60. The van der Waals surface area contributed by atoms with Gasteiger partial charge in [0, 0.05) is 14.9 Å². The zero-order chi connectivity index (χ0) is 12.7. The number of nitrogens with zero attached hydrogens (tertiary/aromatic N) is 1. The summed E-state index contributed by atoms with van der Waals surface area (Å²) in [6, 6.07) is 5.76. The lowest BCUT2D eigenvalue weighted by molar-refractivity contribution is 0.318. The molecule has 0 amide bonds. The third-order valence-corrected chi connectivity index (χ3v) is 3.97. The van der Waals surface area contributed by atoms with Gasteiger partial charge in [0.25, 0.3) is 0 Å². The van der Waals surface area contributed by atoms with Gasteiger partial charge in [0.1, 0.15) is 0 Å². The summed E-state index contributed by atoms with van der Waals surface area (Å²) in [6.45, 7) is 2.19. The van der Waals surface area contributed by atoms with E-state index in [0.717, 1.165) is 20.7 Å². The highest BCUT2D eigenvalue weighted by Gasteiger charge is 2.08. The lowest BCUT2D eigenvalue weighted by atomic mass is 10.2. The molecule has 0 aromatic heterocycles. The largest absolute Gasteiger partial charge is 0.409 e. The molecule has 17 heavy (non-hydrogen) atoms. The number of hydrogen-bond acceptors (Lipinski definition) is 3. The van der Waals surface area contributed by atoms with E-state index in [1.807, 2.05) is 18.2 Å². The maximum Gasteiger partial charge on any atom is 0.171 e. The van der Waals surface area contributed by atoms with Crippen molar-refractivity contribution in [2.45, 2.75) is 31.1 Å². The molecule has 3 N–H and O–H groups in total. The van der Waals surface area contributed by atoms with Gasteiger partial charge in [-0.15, -0.1) is 11.8 Å². The number of rotatable bonds is 6. The van der Waals surface area contributed by atoms with E-state index in [9.17, 15) is 0 Å². The van der Waals surface area contributed by atoms with Crippen molar-refractivity contribution in [2.24, 2.45) is 10.9 Å². The van der Waals surface area contributed by atoms with Crippen LogP contribution < -0.4 is 5.73 Å². The van der Waals surface area contributed by atoms with Gasteiger partial charge in [0.15, 0.2) is 5.84 Å². The Morgan fingerprint density at radius 3 is 2.88 bits per heavy atom. The Kier molecular flexibility index (Phi) is 6.44. The predicted molar refractivity (Wildman–Crippen MR) is 76.9 cm³/mol. The van der Waals surface area contributed by atoms with Crippen LogP contribution in [0.4, 0.5) is 0 Å². The summed E-state index contributed by atoms with van der Waals surface area (Å²) in [7, 11) is 0. The smallest absolute Gasteiger partial charge is 0.171 e. The first kappa shape index (κ1) is 14.4. The summed E-state index contributed by atoms with van der Waals surface area (Å²) in [6.07, 6.45) is 3.63. The molecule has 0 bridgehead atoms. The molecule has 0 heterocycles. The van der Waals surface area contributed by atoms with Crippen molar-refractivity contribution in [1.82, 2.24) is 0 Å². The van der Waals surface area contributed by atoms with Crippen LogP contribution in [0.5, 0.6) is 0 Å². The van der Waals surface area contributed by atoms with Gasteiger partial charge in [-0.05, 0) is 30.4 Å². The molecular weight excluding hydrogens is 300 g/mol. The first-order chi connectivity index (χ1) is 8.19. The van der Waals surface area contributed by atoms with Crippen molar-refractivity contribution in [3.8, 4) is 0 Å². The van der Waals surface area contributed by atoms with E-state index in [1.165, 1.54) is 19.3 Å². The molecule has 0 aliphatic rings. The molecule has 0 unspecified atom stereocenters. The number of unbranched alkanes of at least 4 members (excludes halogenated alkanes) is 2. The van der Waals surface area contributed by atoms with Crippen LogP contribution in [0, 0.1) is 0 Å². The van der Waals surface area contributed by atoms with Crippen molar-refractivity contribution in [3.05, 3.63) is 28.2 Å². The molecule has 1 aromatic carbocycles. The van der Waals surface area contributed by atoms with E-state index in [0.29, 0.717) is 0 Å². The van der Waals surface area contributed by atoms with Crippen LogP contribution in [0.2, 0.25) is 0 Å². The van der Waals surface area contributed by atoms with Crippen molar-refractivity contribution in [1.29, 1.82) is 0 Å². The monoisotopic (exact) mass is 316 g/mol. The Balaban J connectivity index is 2.77. The zero-order valence-corrected chi connectivity index (χ0v) is 12.2. The van der Waals surface area contributed by atoms with Gasteiger partial charge >= 0.3 is 0 Å². The summed E-state index contributed by atoms with van der Waals surface area (Å²) >= 11 is 5.18. The normalized spacial score (nSPS) is 11.8. The number of hydrogen-bond donors (Lipinski definition) is 2. The highest BCUT2D eigenvalue weighted by atomic mass is 79.9. The summed E-state index contributed by atoms with van der Waals surface area (Å²) in [5, 5.41) is 11.8. The molecule has 0 aliphatic carbocycles. The van der Waals surface area contributed by atoms with Gasteiger partial charge in [-0.25, -0.2) is 0 Å². The van der Waals surface area contributed by atoms with Crippen LogP contribution >= 0.6 is 27.7 Å². The number of nitrogens with two attached hydrogens (primary N) is 1. The molecule has 5 heteroatoms. The van der Waals surface area contributed by atoms with Crippen LogP contribution in [-0.4, -0.2) is 16.8 Å². The van der Waals surface area contributed by atoms with Crippen molar-refractivity contribution < 1.29 is 5.21 Å². The molecule has 1 aromatic rings. The van der Waals surface area contributed by atoms with Gasteiger partial charge in [0.05, 0.1) is 0 Å². The fraction of sp³-hybridized carbons (Fsp3) is 0.417. The van der Waals surface area contributed by atoms with Gasteiger partial charge in [-0.3, -0.25) is 0 Å². The van der Waals surface area contributed by atoms with Gasteiger partial charge < -0.3 is 10.9 Å². The summed E-state index contributed by atoms with van der Waals surface area (Å²) in [4.78, 5) is 1.05. The van der Waals surface area contributed by atoms with Gasteiger partial charge in [0.2, 0.25) is 0 Å². The van der Waals surface area contributed by atoms with Crippen LogP contribution in [0.3, 0.4) is 0 Å². The molecule has 0 radical (unpaired) electrons. The lowest BCUT2D eigenvalue weighted by Crippen LogP contribution is -2.14. The van der Waals surface area contributed by atoms with Crippen LogP contribution in [0.25, 0.3) is 0 Å². The first-order valence-corrected chi connectivity index (χ1v) is 7.37.